The van der Waals surface area contributed by atoms with Crippen molar-refractivity contribution in [1.29, 1.82) is 0 Å². The Bertz CT molecular complexity index is 385. The van der Waals surface area contributed by atoms with E-state index in [2.05, 4.69) is 17.1 Å². The topological polar surface area (TPSA) is 74.2 Å². The van der Waals surface area contributed by atoms with Crippen LogP contribution in [-0.2, 0) is 10.3 Å². The number of ether oxygens (including phenoxy) is 1. The molecular formula is C13H23N3O2. The summed E-state index contributed by atoms with van der Waals surface area (Å²) in [6, 6.07) is 0.0559. The number of hydrogen-bond acceptors (Lipinski definition) is 5. The van der Waals surface area contributed by atoms with Crippen LogP contribution in [0.5, 0.6) is 0 Å². The van der Waals surface area contributed by atoms with E-state index < -0.39 is 0 Å². The molecule has 0 amide bonds. The molecule has 2 atom stereocenters. The highest BCUT2D eigenvalue weighted by atomic mass is 16.5. The van der Waals surface area contributed by atoms with Gasteiger partial charge < -0.3 is 15.0 Å². The molecule has 1 aliphatic carbocycles. The van der Waals surface area contributed by atoms with E-state index in [1.165, 1.54) is 0 Å². The second-order valence-corrected chi connectivity index (χ2v) is 5.22. The van der Waals surface area contributed by atoms with Crippen LogP contribution in [0.4, 0.5) is 0 Å². The second-order valence-electron chi connectivity index (χ2n) is 5.22. The first-order valence-corrected chi connectivity index (χ1v) is 6.78. The van der Waals surface area contributed by atoms with Crippen LogP contribution in [0.3, 0.4) is 0 Å². The quantitative estimate of drug-likeness (QED) is 0.871. The summed E-state index contributed by atoms with van der Waals surface area (Å²) in [4.78, 5) is 4.52. The van der Waals surface area contributed by atoms with E-state index in [1.807, 2.05) is 6.92 Å². The molecule has 2 rings (SSSR count). The average molecular weight is 253 g/mol. The van der Waals surface area contributed by atoms with Gasteiger partial charge in [0.2, 0.25) is 11.7 Å². The van der Waals surface area contributed by atoms with Gasteiger partial charge in [-0.1, -0.05) is 19.0 Å². The van der Waals surface area contributed by atoms with Crippen molar-refractivity contribution >= 4 is 0 Å². The molecule has 2 N–H and O–H groups in total. The van der Waals surface area contributed by atoms with Gasteiger partial charge in [0.25, 0.3) is 0 Å². The van der Waals surface area contributed by atoms with Gasteiger partial charge in [-0.15, -0.1) is 0 Å². The van der Waals surface area contributed by atoms with Crippen molar-refractivity contribution in [2.45, 2.75) is 63.5 Å². The van der Waals surface area contributed by atoms with E-state index in [0.717, 1.165) is 32.1 Å². The van der Waals surface area contributed by atoms with Crippen molar-refractivity contribution in [1.82, 2.24) is 10.1 Å². The highest BCUT2D eigenvalue weighted by Crippen LogP contribution is 2.40. The van der Waals surface area contributed by atoms with E-state index >= 15 is 0 Å². The number of hydrogen-bond donors (Lipinski definition) is 1. The molecule has 5 heteroatoms. The molecule has 0 radical (unpaired) electrons. The SMILES string of the molecule is CCC(N)C(C)c1nc(C2(OC)CCCC2)no1. The van der Waals surface area contributed by atoms with Gasteiger partial charge in [0.05, 0.1) is 5.92 Å². The number of nitrogens with zero attached hydrogens (tertiary/aromatic N) is 2. The fraction of sp³-hybridized carbons (Fsp3) is 0.846. The lowest BCUT2D eigenvalue weighted by Crippen LogP contribution is -2.27. The maximum absolute atomic E-state index is 6.02. The van der Waals surface area contributed by atoms with Crippen LogP contribution >= 0.6 is 0 Å². The van der Waals surface area contributed by atoms with Gasteiger partial charge in [-0.05, 0) is 32.1 Å². The summed E-state index contributed by atoms with van der Waals surface area (Å²) in [5, 5.41) is 4.11. The van der Waals surface area contributed by atoms with Gasteiger partial charge in [0, 0.05) is 13.2 Å². The Hall–Kier alpha value is -0.940. The Morgan fingerprint density at radius 2 is 2.11 bits per heavy atom. The summed E-state index contributed by atoms with van der Waals surface area (Å²) in [6.07, 6.45) is 5.14. The maximum atomic E-state index is 6.02. The van der Waals surface area contributed by atoms with Gasteiger partial charge in [0.15, 0.2) is 0 Å². The summed E-state index contributed by atoms with van der Waals surface area (Å²) in [7, 11) is 1.72. The van der Waals surface area contributed by atoms with Crippen molar-refractivity contribution in [3.63, 3.8) is 0 Å². The standard InChI is InChI=1S/C13H23N3O2/c1-4-10(14)9(2)11-15-12(16-18-11)13(17-3)7-5-6-8-13/h9-10H,4-8,14H2,1-3H3. The molecule has 102 valence electrons. The summed E-state index contributed by atoms with van der Waals surface area (Å²) >= 11 is 0. The molecule has 0 bridgehead atoms. The normalized spacial score (nSPS) is 22.0. The highest BCUT2D eigenvalue weighted by molar-refractivity contribution is 5.06. The third-order valence-corrected chi connectivity index (χ3v) is 4.15. The van der Waals surface area contributed by atoms with Crippen LogP contribution in [0.25, 0.3) is 0 Å². The molecular weight excluding hydrogens is 230 g/mol. The van der Waals surface area contributed by atoms with Crippen molar-refractivity contribution in [3.8, 4) is 0 Å². The Labute approximate surface area is 108 Å². The fourth-order valence-corrected chi connectivity index (χ4v) is 2.61. The van der Waals surface area contributed by atoms with Crippen LogP contribution in [0.15, 0.2) is 4.52 Å². The molecule has 5 nitrogen and oxygen atoms in total. The van der Waals surface area contributed by atoms with Gasteiger partial charge in [-0.25, -0.2) is 0 Å². The predicted octanol–water partition coefficient (Wildman–Crippen LogP) is 2.33. The van der Waals surface area contributed by atoms with E-state index in [9.17, 15) is 0 Å². The number of methoxy groups -OCH3 is 1. The van der Waals surface area contributed by atoms with E-state index in [1.54, 1.807) is 7.11 Å². The lowest BCUT2D eigenvalue weighted by molar-refractivity contribution is -0.0178. The van der Waals surface area contributed by atoms with Crippen molar-refractivity contribution in [2.75, 3.05) is 7.11 Å². The molecule has 1 heterocycles. The lowest BCUT2D eigenvalue weighted by Gasteiger charge is -2.22. The van der Waals surface area contributed by atoms with E-state index in [0.29, 0.717) is 11.7 Å². The third kappa shape index (κ3) is 2.29. The first kappa shape index (κ1) is 13.5. The minimum atomic E-state index is -0.336. The van der Waals surface area contributed by atoms with Crippen LogP contribution in [0.2, 0.25) is 0 Å². The fourth-order valence-electron chi connectivity index (χ4n) is 2.61. The molecule has 2 unspecified atom stereocenters. The summed E-state index contributed by atoms with van der Waals surface area (Å²) < 4.78 is 11.0. The van der Waals surface area contributed by atoms with Gasteiger partial charge in [-0.2, -0.15) is 4.98 Å². The van der Waals surface area contributed by atoms with Crippen LogP contribution in [0.1, 0.15) is 63.6 Å². The molecule has 1 aromatic rings. The Balaban J connectivity index is 2.19. The largest absolute Gasteiger partial charge is 0.370 e. The first-order chi connectivity index (χ1) is 8.63. The Morgan fingerprint density at radius 3 is 2.67 bits per heavy atom. The molecule has 0 aromatic carbocycles. The number of nitrogens with two attached hydrogens (primary N) is 1. The molecule has 1 aromatic heterocycles. The third-order valence-electron chi connectivity index (χ3n) is 4.15. The number of rotatable bonds is 5. The van der Waals surface area contributed by atoms with Crippen LogP contribution < -0.4 is 5.73 Å². The van der Waals surface area contributed by atoms with Gasteiger partial charge >= 0.3 is 0 Å². The van der Waals surface area contributed by atoms with Crippen molar-refractivity contribution < 1.29 is 9.26 Å². The van der Waals surface area contributed by atoms with Crippen molar-refractivity contribution in [2.24, 2.45) is 5.73 Å². The zero-order chi connectivity index (χ0) is 13.2. The summed E-state index contributed by atoms with van der Waals surface area (Å²) in [5.74, 6) is 1.40. The Kier molecular flexibility index (Phi) is 4.02. The summed E-state index contributed by atoms with van der Waals surface area (Å²) in [6.45, 7) is 4.09. The molecule has 1 saturated carbocycles. The maximum Gasteiger partial charge on any atom is 0.231 e. The molecule has 1 fully saturated rings. The van der Waals surface area contributed by atoms with Gasteiger partial charge in [-0.3, -0.25) is 0 Å². The average Bonchev–Trinajstić information content (AvgIpc) is 3.05. The van der Waals surface area contributed by atoms with E-state index in [4.69, 9.17) is 15.0 Å². The molecule has 18 heavy (non-hydrogen) atoms. The zero-order valence-electron chi connectivity index (χ0n) is 11.5. The van der Waals surface area contributed by atoms with E-state index in [-0.39, 0.29) is 17.6 Å². The first-order valence-electron chi connectivity index (χ1n) is 6.78. The number of aromatic nitrogens is 2. The smallest absolute Gasteiger partial charge is 0.231 e. The molecule has 0 saturated heterocycles. The molecule has 0 spiro atoms. The monoisotopic (exact) mass is 253 g/mol. The second kappa shape index (κ2) is 5.36. The van der Waals surface area contributed by atoms with Crippen LogP contribution in [0, 0.1) is 0 Å². The predicted molar refractivity (Wildman–Crippen MR) is 68.1 cm³/mol. The zero-order valence-corrected chi connectivity index (χ0v) is 11.5. The van der Waals surface area contributed by atoms with Crippen molar-refractivity contribution in [3.05, 3.63) is 11.7 Å². The Morgan fingerprint density at radius 1 is 1.44 bits per heavy atom. The van der Waals surface area contributed by atoms with Gasteiger partial charge in [0.1, 0.15) is 5.60 Å². The minimum absolute atomic E-state index is 0.0559. The summed E-state index contributed by atoms with van der Waals surface area (Å²) in [5.41, 5.74) is 5.68. The molecule has 0 aliphatic heterocycles. The molecule has 1 aliphatic rings. The minimum Gasteiger partial charge on any atom is -0.370 e. The van der Waals surface area contributed by atoms with Crippen LogP contribution in [-0.4, -0.2) is 23.3 Å². The lowest BCUT2D eigenvalue weighted by atomic mass is 9.99. The highest BCUT2D eigenvalue weighted by Gasteiger charge is 2.40.